The van der Waals surface area contributed by atoms with Gasteiger partial charge < -0.3 is 9.13 Å². The summed E-state index contributed by atoms with van der Waals surface area (Å²) in [7, 11) is 0. The Kier molecular flexibility index (Phi) is 12.5. The maximum Gasteiger partial charge on any atom is 0.102 e. The average Bonchev–Trinajstić information content (AvgIpc) is 3.63. The van der Waals surface area contributed by atoms with Crippen molar-refractivity contribution in [1.29, 1.82) is 21.0 Å². The molecule has 81 heavy (non-hydrogen) atoms. The SMILES string of the molecule is Cc1c(C)c(C#N)c(-n2c3ccc(-c4ccccc4)cc3c3cc(-c4cccc(-c5cccc(-c6ccc7c(c6)c6cc(-c8ccccc8)ccc6n7-c6c(C#N)c(C(C)(C)C)cc(C(C)(C)C)c6C#N)c5)c4)ccc32)c(C#N)c1C. The molecule has 388 valence electrons. The highest BCUT2D eigenvalue weighted by molar-refractivity contribution is 6.13. The zero-order chi connectivity index (χ0) is 56.6. The van der Waals surface area contributed by atoms with E-state index in [-0.39, 0.29) is 10.8 Å². The molecule has 0 bridgehead atoms. The van der Waals surface area contributed by atoms with Gasteiger partial charge in [-0.25, -0.2) is 0 Å². The van der Waals surface area contributed by atoms with Crippen molar-refractivity contribution < 1.29 is 0 Å². The first-order chi connectivity index (χ1) is 39.0. The van der Waals surface area contributed by atoms with E-state index in [1.807, 2.05) is 32.9 Å². The van der Waals surface area contributed by atoms with Crippen LogP contribution in [0, 0.1) is 66.1 Å². The number of rotatable bonds is 7. The van der Waals surface area contributed by atoms with Crippen LogP contribution in [-0.4, -0.2) is 9.13 Å². The summed E-state index contributed by atoms with van der Waals surface area (Å²) < 4.78 is 4.29. The van der Waals surface area contributed by atoms with Crippen molar-refractivity contribution >= 4 is 43.6 Å². The van der Waals surface area contributed by atoms with Gasteiger partial charge in [-0.15, -0.1) is 0 Å². The van der Waals surface area contributed by atoms with E-state index in [4.69, 9.17) is 0 Å². The Morgan fingerprint density at radius 1 is 0.284 bits per heavy atom. The summed E-state index contributed by atoms with van der Waals surface area (Å²) in [5, 5.41) is 47.8. The van der Waals surface area contributed by atoms with E-state index in [2.05, 4.69) is 251 Å². The van der Waals surface area contributed by atoms with Gasteiger partial charge in [0.2, 0.25) is 0 Å². The molecule has 0 radical (unpaired) electrons. The minimum Gasteiger partial charge on any atom is -0.307 e. The van der Waals surface area contributed by atoms with Gasteiger partial charge in [0.15, 0.2) is 0 Å². The molecule has 0 saturated carbocycles. The number of aromatic nitrogens is 2. The van der Waals surface area contributed by atoms with E-state index in [0.717, 1.165) is 127 Å². The van der Waals surface area contributed by atoms with Crippen LogP contribution >= 0.6 is 0 Å². The molecular weight excluding hydrogens is 985 g/mol. The lowest BCUT2D eigenvalue weighted by atomic mass is 9.75. The van der Waals surface area contributed by atoms with Gasteiger partial charge in [0.1, 0.15) is 24.3 Å². The topological polar surface area (TPSA) is 105 Å². The van der Waals surface area contributed by atoms with Gasteiger partial charge in [0, 0.05) is 21.5 Å². The van der Waals surface area contributed by atoms with E-state index >= 15 is 0 Å². The third-order valence-corrected chi connectivity index (χ3v) is 16.6. The second-order valence-corrected chi connectivity index (χ2v) is 23.5. The van der Waals surface area contributed by atoms with Gasteiger partial charge in [0.05, 0.1) is 55.7 Å². The van der Waals surface area contributed by atoms with Gasteiger partial charge >= 0.3 is 0 Å². The molecular formula is C75H58N6. The van der Waals surface area contributed by atoms with Gasteiger partial charge in [-0.3, -0.25) is 0 Å². The fourth-order valence-corrected chi connectivity index (χ4v) is 12.2. The van der Waals surface area contributed by atoms with Crippen molar-refractivity contribution in [2.75, 3.05) is 0 Å². The second kappa shape index (κ2) is 19.6. The molecule has 0 unspecified atom stereocenters. The van der Waals surface area contributed by atoms with Crippen LogP contribution in [0.1, 0.15) is 91.6 Å². The van der Waals surface area contributed by atoms with Crippen LogP contribution in [0.5, 0.6) is 0 Å². The van der Waals surface area contributed by atoms with Crippen molar-refractivity contribution in [3.8, 4) is 91.3 Å². The van der Waals surface area contributed by atoms with Crippen molar-refractivity contribution in [1.82, 2.24) is 9.13 Å². The van der Waals surface area contributed by atoms with Crippen molar-refractivity contribution in [2.24, 2.45) is 0 Å². The fourth-order valence-electron chi connectivity index (χ4n) is 12.2. The summed E-state index contributed by atoms with van der Waals surface area (Å²) in [6.45, 7) is 18.7. The summed E-state index contributed by atoms with van der Waals surface area (Å²) in [4.78, 5) is 0. The quantitative estimate of drug-likeness (QED) is 0.158. The molecule has 10 aromatic carbocycles. The molecule has 0 aliphatic carbocycles. The summed E-state index contributed by atoms with van der Waals surface area (Å²) >= 11 is 0. The first kappa shape index (κ1) is 51.5. The molecule has 0 aliphatic rings. The van der Waals surface area contributed by atoms with Crippen LogP contribution in [0.15, 0.2) is 188 Å². The molecule has 0 fully saturated rings. The Bertz CT molecular complexity index is 4680. The Hall–Kier alpha value is -10.2. The highest BCUT2D eigenvalue weighted by atomic mass is 15.0. The molecule has 0 amide bonds. The van der Waals surface area contributed by atoms with Gasteiger partial charge in [0.25, 0.3) is 0 Å². The van der Waals surface area contributed by atoms with Crippen LogP contribution < -0.4 is 0 Å². The molecule has 12 rings (SSSR count). The van der Waals surface area contributed by atoms with Gasteiger partial charge in [-0.1, -0.05) is 169 Å². The lowest BCUT2D eigenvalue weighted by molar-refractivity contribution is 0.565. The number of hydrogen-bond donors (Lipinski definition) is 0. The zero-order valence-electron chi connectivity index (χ0n) is 47.1. The van der Waals surface area contributed by atoms with E-state index in [1.54, 1.807) is 0 Å². The van der Waals surface area contributed by atoms with Crippen molar-refractivity contribution in [3.63, 3.8) is 0 Å². The van der Waals surface area contributed by atoms with Crippen LogP contribution in [-0.2, 0) is 10.8 Å². The van der Waals surface area contributed by atoms with E-state index in [0.29, 0.717) is 33.6 Å². The smallest absolute Gasteiger partial charge is 0.102 e. The molecule has 12 aromatic rings. The monoisotopic (exact) mass is 1040 g/mol. The molecule has 2 heterocycles. The largest absolute Gasteiger partial charge is 0.307 e. The first-order valence-electron chi connectivity index (χ1n) is 27.5. The number of nitriles is 4. The molecule has 0 aliphatic heterocycles. The number of nitrogens with zero attached hydrogens (tertiary/aromatic N) is 6. The van der Waals surface area contributed by atoms with E-state index < -0.39 is 0 Å². The predicted molar refractivity (Wildman–Crippen MR) is 333 cm³/mol. The molecule has 0 atom stereocenters. The minimum absolute atomic E-state index is 0.373. The molecule has 6 nitrogen and oxygen atoms in total. The first-order valence-corrected chi connectivity index (χ1v) is 27.5. The Morgan fingerprint density at radius 3 is 0.852 bits per heavy atom. The number of fused-ring (bicyclic) bond motifs is 6. The van der Waals surface area contributed by atoms with Gasteiger partial charge in [-0.2, -0.15) is 21.0 Å². The van der Waals surface area contributed by atoms with Crippen LogP contribution in [0.2, 0.25) is 0 Å². The standard InChI is InChI=1S/C75H58N6/c1-45-46(2)62(41-76)72(63(42-77)47(45)3)80-68-30-26-54(48-18-12-10-13-19-48)36-58(68)60-38-56(28-32-69(60)80)52-24-16-22-50(34-52)51-23-17-25-53(35-51)57-29-33-71-61(39-57)59-37-55(49-20-14-11-15-21-49)27-31-70(59)81(71)73-64(43-78)66(74(4,5)6)40-67(65(73)44-79)75(7,8)9/h10-40H,1-9H3. The molecule has 2 aromatic heterocycles. The fraction of sp³-hybridized carbons (Fsp3) is 0.147. The molecule has 0 saturated heterocycles. The van der Waals surface area contributed by atoms with Crippen LogP contribution in [0.4, 0.5) is 0 Å². The lowest BCUT2D eigenvalue weighted by Gasteiger charge is -2.29. The minimum atomic E-state index is -0.373. The number of benzene rings is 10. The maximum absolute atomic E-state index is 11.1. The van der Waals surface area contributed by atoms with Gasteiger partial charge in [-0.05, 0) is 176 Å². The van der Waals surface area contributed by atoms with Crippen LogP contribution in [0.25, 0.3) is 111 Å². The third kappa shape index (κ3) is 8.53. The van der Waals surface area contributed by atoms with Crippen molar-refractivity contribution in [2.45, 2.75) is 73.1 Å². The molecule has 0 spiro atoms. The Balaban J connectivity index is 1.01. The Labute approximate surface area is 473 Å². The van der Waals surface area contributed by atoms with Crippen LogP contribution in [0.3, 0.4) is 0 Å². The summed E-state index contributed by atoms with van der Waals surface area (Å²) in [5.74, 6) is 0. The Morgan fingerprint density at radius 2 is 0.556 bits per heavy atom. The third-order valence-electron chi connectivity index (χ3n) is 16.6. The maximum atomic E-state index is 11.1. The molecule has 0 N–H and O–H groups in total. The molecule has 6 heteroatoms. The normalized spacial score (nSPS) is 11.7. The zero-order valence-corrected chi connectivity index (χ0v) is 47.1. The predicted octanol–water partition coefficient (Wildman–Crippen LogP) is 19.2. The number of hydrogen-bond acceptors (Lipinski definition) is 4. The summed E-state index contributed by atoms with van der Waals surface area (Å²) in [6.07, 6.45) is 0. The van der Waals surface area contributed by atoms with E-state index in [1.165, 1.54) is 0 Å². The highest BCUT2D eigenvalue weighted by Crippen LogP contribution is 2.45. The highest BCUT2D eigenvalue weighted by Gasteiger charge is 2.32. The summed E-state index contributed by atoms with van der Waals surface area (Å²) in [6, 6.07) is 76.6. The lowest BCUT2D eigenvalue weighted by Crippen LogP contribution is -2.22. The van der Waals surface area contributed by atoms with Crippen molar-refractivity contribution in [3.05, 3.63) is 238 Å². The van der Waals surface area contributed by atoms with E-state index in [9.17, 15) is 21.0 Å². The average molecular weight is 1040 g/mol. The summed E-state index contributed by atoms with van der Waals surface area (Å²) in [5.41, 5.74) is 21.4. The second-order valence-electron chi connectivity index (χ2n) is 23.5.